The predicted molar refractivity (Wildman–Crippen MR) is 51.7 cm³/mol. The highest BCUT2D eigenvalue weighted by Crippen LogP contribution is 2.30. The highest BCUT2D eigenvalue weighted by molar-refractivity contribution is 9.10. The number of rotatable bonds is 2. The van der Waals surface area contributed by atoms with Crippen LogP contribution in [0.1, 0.15) is 11.7 Å². The van der Waals surface area contributed by atoms with E-state index in [-0.39, 0.29) is 10.0 Å². The maximum atomic E-state index is 13.1. The Kier molecular flexibility index (Phi) is 3.47. The van der Waals surface area contributed by atoms with Crippen LogP contribution in [0.25, 0.3) is 0 Å². The van der Waals surface area contributed by atoms with Gasteiger partial charge in [-0.1, -0.05) is 17.7 Å². The van der Waals surface area contributed by atoms with Gasteiger partial charge in [0, 0.05) is 5.56 Å². The Hall–Kier alpha value is -0.650. The zero-order valence-corrected chi connectivity index (χ0v) is 9.01. The third-order valence-electron chi connectivity index (χ3n) is 1.59. The molecule has 0 spiro atoms. The summed E-state index contributed by atoms with van der Waals surface area (Å²) in [7, 11) is 0. The number of carbonyl (C=O) groups is 1. The van der Waals surface area contributed by atoms with E-state index in [9.17, 15) is 9.18 Å². The molecule has 0 fully saturated rings. The molecule has 1 aromatic rings. The zero-order valence-electron chi connectivity index (χ0n) is 6.67. The normalized spacial score (nSPS) is 12.6. The molecule has 76 valence electrons. The lowest BCUT2D eigenvalue weighted by molar-refractivity contribution is -0.146. The van der Waals surface area contributed by atoms with Crippen molar-refractivity contribution in [3.63, 3.8) is 0 Å². The molecule has 0 radical (unpaired) electrons. The molecule has 14 heavy (non-hydrogen) atoms. The molecule has 0 aliphatic carbocycles. The van der Waals surface area contributed by atoms with Crippen LogP contribution in [-0.2, 0) is 4.79 Å². The van der Waals surface area contributed by atoms with Crippen LogP contribution in [0.15, 0.2) is 16.6 Å². The van der Waals surface area contributed by atoms with Crippen LogP contribution in [0.4, 0.5) is 4.39 Å². The van der Waals surface area contributed by atoms with E-state index in [1.54, 1.807) is 0 Å². The summed E-state index contributed by atoms with van der Waals surface area (Å²) in [5.74, 6) is -2.27. The van der Waals surface area contributed by atoms with Gasteiger partial charge in [-0.15, -0.1) is 0 Å². The number of aliphatic carboxylic acids is 1. The number of aliphatic hydroxyl groups excluding tert-OH is 1. The van der Waals surface area contributed by atoms with Gasteiger partial charge in [0.1, 0.15) is 0 Å². The summed E-state index contributed by atoms with van der Waals surface area (Å²) in [6.45, 7) is 0. The standard InChI is InChI=1S/C8H5BrClFO3/c9-4-2-1-3(5(10)6(4)11)7(12)8(13)14/h1-2,7,12H,(H,13,14). The molecule has 3 nitrogen and oxygen atoms in total. The molecule has 0 saturated carbocycles. The zero-order chi connectivity index (χ0) is 10.9. The predicted octanol–water partition coefficient (Wildman–Crippen LogP) is 2.36. The lowest BCUT2D eigenvalue weighted by atomic mass is 10.1. The van der Waals surface area contributed by atoms with Crippen molar-refractivity contribution in [1.29, 1.82) is 0 Å². The average Bonchev–Trinajstić information content (AvgIpc) is 2.13. The first-order valence-electron chi connectivity index (χ1n) is 3.49. The number of halogens is 3. The van der Waals surface area contributed by atoms with E-state index in [1.165, 1.54) is 12.1 Å². The van der Waals surface area contributed by atoms with Crippen LogP contribution >= 0.6 is 27.5 Å². The molecule has 0 aliphatic heterocycles. The minimum Gasteiger partial charge on any atom is -0.479 e. The number of aliphatic hydroxyl groups is 1. The van der Waals surface area contributed by atoms with E-state index in [0.29, 0.717) is 0 Å². The van der Waals surface area contributed by atoms with Crippen LogP contribution in [0.3, 0.4) is 0 Å². The molecule has 1 aromatic carbocycles. The number of hydrogen-bond acceptors (Lipinski definition) is 2. The van der Waals surface area contributed by atoms with E-state index < -0.39 is 22.9 Å². The van der Waals surface area contributed by atoms with Crippen molar-refractivity contribution in [3.05, 3.63) is 33.0 Å². The highest BCUT2D eigenvalue weighted by Gasteiger charge is 2.21. The Morgan fingerprint density at radius 1 is 1.57 bits per heavy atom. The molecule has 1 rings (SSSR count). The Balaban J connectivity index is 3.24. The second-order valence-corrected chi connectivity index (χ2v) is 3.74. The van der Waals surface area contributed by atoms with Gasteiger partial charge in [-0.05, 0) is 22.0 Å². The Labute approximate surface area is 92.2 Å². The van der Waals surface area contributed by atoms with Gasteiger partial charge >= 0.3 is 5.97 Å². The van der Waals surface area contributed by atoms with Crippen LogP contribution in [0, 0.1) is 5.82 Å². The Morgan fingerprint density at radius 3 is 2.64 bits per heavy atom. The van der Waals surface area contributed by atoms with Crippen molar-refractivity contribution in [2.75, 3.05) is 0 Å². The lowest BCUT2D eigenvalue weighted by Gasteiger charge is -2.09. The van der Waals surface area contributed by atoms with Crippen molar-refractivity contribution < 1.29 is 19.4 Å². The van der Waals surface area contributed by atoms with Gasteiger partial charge < -0.3 is 10.2 Å². The summed E-state index contributed by atoms with van der Waals surface area (Å²) in [6, 6.07) is 2.52. The van der Waals surface area contributed by atoms with Crippen molar-refractivity contribution in [2.24, 2.45) is 0 Å². The summed E-state index contributed by atoms with van der Waals surface area (Å²) in [5, 5.41) is 17.2. The minimum atomic E-state index is -1.81. The van der Waals surface area contributed by atoms with Crippen LogP contribution in [0.2, 0.25) is 5.02 Å². The maximum Gasteiger partial charge on any atom is 0.337 e. The third-order valence-corrected chi connectivity index (χ3v) is 2.59. The number of benzene rings is 1. The van der Waals surface area contributed by atoms with E-state index in [4.69, 9.17) is 21.8 Å². The molecular formula is C8H5BrClFO3. The summed E-state index contributed by atoms with van der Waals surface area (Å²) < 4.78 is 13.2. The van der Waals surface area contributed by atoms with E-state index in [2.05, 4.69) is 15.9 Å². The van der Waals surface area contributed by atoms with Gasteiger partial charge in [0.25, 0.3) is 0 Å². The monoisotopic (exact) mass is 282 g/mol. The van der Waals surface area contributed by atoms with Crippen LogP contribution in [0.5, 0.6) is 0 Å². The second-order valence-electron chi connectivity index (χ2n) is 2.51. The molecule has 0 amide bonds. The van der Waals surface area contributed by atoms with Gasteiger partial charge in [-0.3, -0.25) is 0 Å². The van der Waals surface area contributed by atoms with Gasteiger partial charge in [0.15, 0.2) is 11.9 Å². The molecule has 0 bridgehead atoms. The fraction of sp³-hybridized carbons (Fsp3) is 0.125. The molecule has 2 N–H and O–H groups in total. The first-order chi connectivity index (χ1) is 6.45. The molecule has 6 heteroatoms. The van der Waals surface area contributed by atoms with E-state index in [1.807, 2.05) is 0 Å². The lowest BCUT2D eigenvalue weighted by Crippen LogP contribution is -2.11. The maximum absolute atomic E-state index is 13.1. The van der Waals surface area contributed by atoms with E-state index in [0.717, 1.165) is 0 Å². The van der Waals surface area contributed by atoms with Crippen molar-refractivity contribution in [3.8, 4) is 0 Å². The number of carboxylic acids is 1. The largest absolute Gasteiger partial charge is 0.479 e. The Morgan fingerprint density at radius 2 is 2.14 bits per heavy atom. The highest BCUT2D eigenvalue weighted by atomic mass is 79.9. The third kappa shape index (κ3) is 2.05. The van der Waals surface area contributed by atoms with Crippen molar-refractivity contribution >= 4 is 33.5 Å². The van der Waals surface area contributed by atoms with Crippen molar-refractivity contribution in [2.45, 2.75) is 6.10 Å². The molecule has 1 unspecified atom stereocenters. The molecule has 0 saturated heterocycles. The number of hydrogen-bond donors (Lipinski definition) is 2. The molecule has 1 atom stereocenters. The molecular weight excluding hydrogens is 278 g/mol. The SMILES string of the molecule is O=C(O)C(O)c1ccc(Br)c(F)c1Cl. The fourth-order valence-corrected chi connectivity index (χ4v) is 1.60. The van der Waals surface area contributed by atoms with Gasteiger partial charge in [0.2, 0.25) is 0 Å². The quantitative estimate of drug-likeness (QED) is 0.819. The minimum absolute atomic E-state index is 0.115. The topological polar surface area (TPSA) is 57.5 Å². The molecule has 0 aliphatic rings. The average molecular weight is 283 g/mol. The van der Waals surface area contributed by atoms with Crippen LogP contribution in [-0.4, -0.2) is 16.2 Å². The Bertz CT molecular complexity index is 383. The number of carboxylic acid groups (broad SMARTS) is 1. The summed E-state index contributed by atoms with van der Waals surface area (Å²) >= 11 is 8.39. The van der Waals surface area contributed by atoms with Crippen LogP contribution < -0.4 is 0 Å². The van der Waals surface area contributed by atoms with Crippen molar-refractivity contribution in [1.82, 2.24) is 0 Å². The molecule has 0 aromatic heterocycles. The smallest absolute Gasteiger partial charge is 0.337 e. The summed E-state index contributed by atoms with van der Waals surface area (Å²) in [5.41, 5.74) is -0.167. The summed E-state index contributed by atoms with van der Waals surface area (Å²) in [6.07, 6.45) is -1.81. The van der Waals surface area contributed by atoms with Gasteiger partial charge in [-0.2, -0.15) is 0 Å². The van der Waals surface area contributed by atoms with Gasteiger partial charge in [-0.25, -0.2) is 9.18 Å². The van der Waals surface area contributed by atoms with Gasteiger partial charge in [0.05, 0.1) is 9.50 Å². The molecule has 0 heterocycles. The van der Waals surface area contributed by atoms with E-state index >= 15 is 0 Å². The second kappa shape index (κ2) is 4.25. The first-order valence-corrected chi connectivity index (χ1v) is 4.66. The summed E-state index contributed by atoms with van der Waals surface area (Å²) in [4.78, 5) is 10.4. The first kappa shape index (κ1) is 11.4. The fourth-order valence-electron chi connectivity index (χ4n) is 0.885.